The zero-order valence-electron chi connectivity index (χ0n) is 8.45. The summed E-state index contributed by atoms with van der Waals surface area (Å²) in [5, 5.41) is 0. The predicted molar refractivity (Wildman–Crippen MR) is 63.6 cm³/mol. The molecule has 0 aromatic heterocycles. The topological polar surface area (TPSA) is 3.24 Å². The summed E-state index contributed by atoms with van der Waals surface area (Å²) in [6.07, 6.45) is 2.11. The third kappa shape index (κ3) is 1.36. The number of fused-ring (bicyclic) bond motifs is 1. The minimum absolute atomic E-state index is 1.08. The molecule has 1 aliphatic rings. The number of allylic oxidation sites excluding steroid dienone is 1. The molecule has 0 radical (unpaired) electrons. The largest absolute Gasteiger partial charge is 0.343 e. The van der Waals surface area contributed by atoms with Crippen molar-refractivity contribution in [2.45, 2.75) is 11.8 Å². The van der Waals surface area contributed by atoms with E-state index in [1.165, 1.54) is 15.5 Å². The standard InChI is InChI=1S/C12H13NS/c1-4-11-9(2)13(3)10-7-5-6-8-12(10)14-11/h4-8H,2H2,1,3H3/b11-4+. The van der Waals surface area contributed by atoms with Crippen LogP contribution in [0.4, 0.5) is 5.69 Å². The van der Waals surface area contributed by atoms with Gasteiger partial charge in [-0.1, -0.05) is 36.5 Å². The van der Waals surface area contributed by atoms with E-state index in [-0.39, 0.29) is 0 Å². The second-order valence-electron chi connectivity index (χ2n) is 3.23. The highest BCUT2D eigenvalue weighted by molar-refractivity contribution is 8.03. The van der Waals surface area contributed by atoms with Crippen LogP contribution in [0.5, 0.6) is 0 Å². The number of likely N-dealkylation sites (N-methyl/N-ethyl adjacent to an activating group) is 1. The maximum Gasteiger partial charge on any atom is 0.0550 e. The highest BCUT2D eigenvalue weighted by atomic mass is 32.2. The first kappa shape index (κ1) is 9.41. The average molecular weight is 203 g/mol. The van der Waals surface area contributed by atoms with Crippen LogP contribution < -0.4 is 4.90 Å². The summed E-state index contributed by atoms with van der Waals surface area (Å²) < 4.78 is 0. The van der Waals surface area contributed by atoms with Gasteiger partial charge in [0.05, 0.1) is 5.69 Å². The molecule has 0 saturated carbocycles. The maximum absolute atomic E-state index is 4.08. The second kappa shape index (κ2) is 3.54. The number of thioether (sulfide) groups is 1. The summed E-state index contributed by atoms with van der Waals surface area (Å²) in [5.74, 6) is 0. The number of benzene rings is 1. The van der Waals surface area contributed by atoms with Crippen molar-refractivity contribution in [3.63, 3.8) is 0 Å². The number of hydrogen-bond acceptors (Lipinski definition) is 2. The Kier molecular flexibility index (Phi) is 2.38. The molecule has 1 nitrogen and oxygen atoms in total. The molecule has 0 saturated heterocycles. The highest BCUT2D eigenvalue weighted by Crippen LogP contribution is 2.44. The Morgan fingerprint density at radius 2 is 2.07 bits per heavy atom. The SMILES string of the molecule is C=C1/C(=C\C)Sc2ccccc2N1C. The summed E-state index contributed by atoms with van der Waals surface area (Å²) in [6.45, 7) is 6.13. The van der Waals surface area contributed by atoms with Crippen molar-refractivity contribution in [1.29, 1.82) is 0 Å². The van der Waals surface area contributed by atoms with Crippen LogP contribution in [0, 0.1) is 0 Å². The van der Waals surface area contributed by atoms with Crippen LogP contribution in [0.3, 0.4) is 0 Å². The molecule has 0 N–H and O–H groups in total. The lowest BCUT2D eigenvalue weighted by Gasteiger charge is -2.30. The minimum Gasteiger partial charge on any atom is -0.343 e. The molecule has 1 aromatic rings. The summed E-state index contributed by atoms with van der Waals surface area (Å²) in [5.41, 5.74) is 2.32. The zero-order chi connectivity index (χ0) is 10.1. The van der Waals surface area contributed by atoms with E-state index >= 15 is 0 Å². The molecule has 0 spiro atoms. The molecule has 0 fully saturated rings. The summed E-state index contributed by atoms with van der Waals surface area (Å²) >= 11 is 1.79. The lowest BCUT2D eigenvalue weighted by Crippen LogP contribution is -2.20. The molecule has 0 amide bonds. The second-order valence-corrected chi connectivity index (χ2v) is 4.31. The fourth-order valence-corrected chi connectivity index (χ4v) is 2.60. The van der Waals surface area contributed by atoms with E-state index in [4.69, 9.17) is 0 Å². The number of para-hydroxylation sites is 1. The third-order valence-corrected chi connectivity index (χ3v) is 3.65. The molecule has 14 heavy (non-hydrogen) atoms. The van der Waals surface area contributed by atoms with Gasteiger partial charge >= 0.3 is 0 Å². The third-order valence-electron chi connectivity index (χ3n) is 2.40. The smallest absolute Gasteiger partial charge is 0.0550 e. The molecule has 0 unspecified atom stereocenters. The molecular formula is C12H13NS. The first-order valence-corrected chi connectivity index (χ1v) is 5.42. The van der Waals surface area contributed by atoms with Crippen molar-refractivity contribution < 1.29 is 0 Å². The fraction of sp³-hybridized carbons (Fsp3) is 0.167. The van der Waals surface area contributed by atoms with Crippen molar-refractivity contribution in [1.82, 2.24) is 0 Å². The van der Waals surface area contributed by atoms with E-state index in [9.17, 15) is 0 Å². The first-order valence-electron chi connectivity index (χ1n) is 4.60. The number of hydrogen-bond donors (Lipinski definition) is 0. The molecule has 72 valence electrons. The Morgan fingerprint density at radius 1 is 1.36 bits per heavy atom. The van der Waals surface area contributed by atoms with Gasteiger partial charge < -0.3 is 4.90 Å². The van der Waals surface area contributed by atoms with Gasteiger partial charge in [-0.3, -0.25) is 0 Å². The Morgan fingerprint density at radius 3 is 2.79 bits per heavy atom. The van der Waals surface area contributed by atoms with E-state index in [2.05, 4.69) is 55.8 Å². The monoisotopic (exact) mass is 203 g/mol. The van der Waals surface area contributed by atoms with Crippen LogP contribution in [0.15, 0.2) is 52.4 Å². The quantitative estimate of drug-likeness (QED) is 0.633. The Hall–Kier alpha value is -1.15. The number of rotatable bonds is 0. The predicted octanol–water partition coefficient (Wildman–Crippen LogP) is 3.65. The molecule has 1 aromatic carbocycles. The molecular weight excluding hydrogens is 190 g/mol. The van der Waals surface area contributed by atoms with Crippen LogP contribution in [-0.4, -0.2) is 7.05 Å². The van der Waals surface area contributed by atoms with Gasteiger partial charge in [0, 0.05) is 22.5 Å². The van der Waals surface area contributed by atoms with E-state index in [0.29, 0.717) is 0 Å². The average Bonchev–Trinajstić information content (AvgIpc) is 2.23. The number of nitrogens with zero attached hydrogens (tertiary/aromatic N) is 1. The lowest BCUT2D eigenvalue weighted by atomic mass is 10.2. The summed E-state index contributed by atoms with van der Waals surface area (Å²) in [4.78, 5) is 4.68. The van der Waals surface area contributed by atoms with Gasteiger partial charge in [-0.05, 0) is 19.1 Å². The zero-order valence-corrected chi connectivity index (χ0v) is 9.27. The van der Waals surface area contributed by atoms with Crippen molar-refractivity contribution in [2.24, 2.45) is 0 Å². The van der Waals surface area contributed by atoms with Crippen molar-refractivity contribution in [2.75, 3.05) is 11.9 Å². The Balaban J connectivity index is 2.53. The van der Waals surface area contributed by atoms with Gasteiger partial charge in [-0.15, -0.1) is 0 Å². The Bertz CT molecular complexity index is 407. The van der Waals surface area contributed by atoms with E-state index in [0.717, 1.165) is 5.70 Å². The molecule has 0 aliphatic carbocycles. The molecule has 2 rings (SSSR count). The highest BCUT2D eigenvalue weighted by Gasteiger charge is 2.20. The molecule has 1 heterocycles. The fourth-order valence-electron chi connectivity index (χ4n) is 1.53. The van der Waals surface area contributed by atoms with Gasteiger partial charge in [-0.2, -0.15) is 0 Å². The summed E-state index contributed by atoms with van der Waals surface area (Å²) in [7, 11) is 2.06. The van der Waals surface area contributed by atoms with Gasteiger partial charge in [0.1, 0.15) is 0 Å². The normalized spacial score (nSPS) is 18.6. The summed E-state index contributed by atoms with van der Waals surface area (Å²) in [6, 6.07) is 8.40. The van der Waals surface area contributed by atoms with Gasteiger partial charge in [-0.25, -0.2) is 0 Å². The van der Waals surface area contributed by atoms with Crippen LogP contribution in [0.1, 0.15) is 6.92 Å². The van der Waals surface area contributed by atoms with Gasteiger partial charge in [0.15, 0.2) is 0 Å². The van der Waals surface area contributed by atoms with E-state index < -0.39 is 0 Å². The van der Waals surface area contributed by atoms with Crippen LogP contribution in [0.2, 0.25) is 0 Å². The van der Waals surface area contributed by atoms with Crippen molar-refractivity contribution in [3.05, 3.63) is 47.5 Å². The molecule has 0 atom stereocenters. The van der Waals surface area contributed by atoms with Crippen molar-refractivity contribution in [3.8, 4) is 0 Å². The first-order chi connectivity index (χ1) is 6.74. The van der Waals surface area contributed by atoms with Gasteiger partial charge in [0.2, 0.25) is 0 Å². The van der Waals surface area contributed by atoms with Crippen LogP contribution in [0.25, 0.3) is 0 Å². The molecule has 2 heteroatoms. The van der Waals surface area contributed by atoms with E-state index in [1.54, 1.807) is 11.8 Å². The minimum atomic E-state index is 1.08. The van der Waals surface area contributed by atoms with Crippen molar-refractivity contribution >= 4 is 17.4 Å². The Labute approximate surface area is 89.1 Å². The van der Waals surface area contributed by atoms with Crippen LogP contribution >= 0.6 is 11.8 Å². The number of anilines is 1. The van der Waals surface area contributed by atoms with Gasteiger partial charge in [0.25, 0.3) is 0 Å². The maximum atomic E-state index is 4.08. The van der Waals surface area contributed by atoms with Crippen LogP contribution in [-0.2, 0) is 0 Å². The lowest BCUT2D eigenvalue weighted by molar-refractivity contribution is 1.09. The van der Waals surface area contributed by atoms with E-state index in [1.807, 2.05) is 0 Å². The molecule has 0 bridgehead atoms. The molecule has 1 aliphatic heterocycles.